The van der Waals surface area contributed by atoms with Gasteiger partial charge in [0.05, 0.1) is 5.92 Å². The van der Waals surface area contributed by atoms with Gasteiger partial charge in [-0.3, -0.25) is 9.59 Å². The standard InChI is InChI=1S/C15H20N2O2/c1-10(2)7-11-8-16-15(17-9-11)14(19)12-5-3-4-6-13(12)18/h8-10,12H,3-7H2,1-2H3. The van der Waals surface area contributed by atoms with Crippen LogP contribution in [0.1, 0.15) is 55.7 Å². The van der Waals surface area contributed by atoms with Crippen molar-refractivity contribution in [1.82, 2.24) is 9.97 Å². The Morgan fingerprint density at radius 3 is 2.58 bits per heavy atom. The fraction of sp³-hybridized carbons (Fsp3) is 0.600. The van der Waals surface area contributed by atoms with E-state index in [0.717, 1.165) is 24.8 Å². The molecule has 1 saturated carbocycles. The second-order valence-electron chi connectivity index (χ2n) is 5.64. The van der Waals surface area contributed by atoms with Crippen molar-refractivity contribution in [3.05, 3.63) is 23.8 Å². The summed E-state index contributed by atoms with van der Waals surface area (Å²) in [4.78, 5) is 32.2. The number of carbonyl (C=O) groups excluding carboxylic acids is 2. The van der Waals surface area contributed by atoms with Gasteiger partial charge >= 0.3 is 0 Å². The number of hydrogen-bond donors (Lipinski definition) is 0. The van der Waals surface area contributed by atoms with Crippen LogP contribution in [-0.2, 0) is 11.2 Å². The molecule has 1 atom stereocenters. The molecule has 19 heavy (non-hydrogen) atoms. The van der Waals surface area contributed by atoms with Crippen LogP contribution in [0.25, 0.3) is 0 Å². The Bertz CT molecular complexity index is 466. The van der Waals surface area contributed by atoms with Crippen LogP contribution in [0.5, 0.6) is 0 Å². The summed E-state index contributed by atoms with van der Waals surface area (Å²) in [5, 5.41) is 0. The SMILES string of the molecule is CC(C)Cc1cnc(C(=O)C2CCCCC2=O)nc1. The molecule has 1 unspecified atom stereocenters. The van der Waals surface area contributed by atoms with Crippen molar-refractivity contribution in [3.8, 4) is 0 Å². The molecular weight excluding hydrogens is 240 g/mol. The largest absolute Gasteiger partial charge is 0.299 e. The van der Waals surface area contributed by atoms with Gasteiger partial charge in [0.1, 0.15) is 5.78 Å². The maximum atomic E-state index is 12.2. The molecule has 1 aromatic heterocycles. The number of ketones is 2. The quantitative estimate of drug-likeness (QED) is 0.616. The highest BCUT2D eigenvalue weighted by Gasteiger charge is 2.31. The monoisotopic (exact) mass is 260 g/mol. The minimum absolute atomic E-state index is 0.0473. The van der Waals surface area contributed by atoms with Gasteiger partial charge in [-0.15, -0.1) is 0 Å². The third-order valence-corrected chi connectivity index (χ3v) is 3.44. The number of aromatic nitrogens is 2. The number of carbonyl (C=O) groups is 2. The highest BCUT2D eigenvalue weighted by molar-refractivity contribution is 6.09. The molecule has 1 aromatic rings. The van der Waals surface area contributed by atoms with Crippen LogP contribution in [0.3, 0.4) is 0 Å². The van der Waals surface area contributed by atoms with Crippen LogP contribution in [-0.4, -0.2) is 21.5 Å². The molecule has 1 aliphatic rings. The van der Waals surface area contributed by atoms with Crippen molar-refractivity contribution >= 4 is 11.6 Å². The van der Waals surface area contributed by atoms with Crippen molar-refractivity contribution < 1.29 is 9.59 Å². The minimum atomic E-state index is -0.510. The maximum absolute atomic E-state index is 12.2. The third kappa shape index (κ3) is 3.46. The van der Waals surface area contributed by atoms with E-state index in [2.05, 4.69) is 23.8 Å². The summed E-state index contributed by atoms with van der Waals surface area (Å²) in [5.74, 6) is 0.0504. The molecule has 4 heteroatoms. The summed E-state index contributed by atoms with van der Waals surface area (Å²) in [7, 11) is 0. The van der Waals surface area contributed by atoms with E-state index in [-0.39, 0.29) is 17.4 Å². The van der Waals surface area contributed by atoms with Gasteiger partial charge in [0, 0.05) is 18.8 Å². The van der Waals surface area contributed by atoms with E-state index < -0.39 is 5.92 Å². The van der Waals surface area contributed by atoms with Gasteiger partial charge in [0.15, 0.2) is 5.82 Å². The van der Waals surface area contributed by atoms with E-state index in [9.17, 15) is 9.59 Å². The zero-order valence-corrected chi connectivity index (χ0v) is 11.6. The van der Waals surface area contributed by atoms with Gasteiger partial charge in [0.25, 0.3) is 0 Å². The second-order valence-corrected chi connectivity index (χ2v) is 5.64. The van der Waals surface area contributed by atoms with Crippen molar-refractivity contribution in [2.24, 2.45) is 11.8 Å². The summed E-state index contributed by atoms with van der Waals surface area (Å²) in [5.41, 5.74) is 1.03. The Labute approximate surface area is 113 Å². The Morgan fingerprint density at radius 1 is 1.32 bits per heavy atom. The fourth-order valence-corrected chi connectivity index (χ4v) is 2.47. The van der Waals surface area contributed by atoms with Crippen LogP contribution in [0.15, 0.2) is 12.4 Å². The molecule has 0 saturated heterocycles. The number of nitrogens with zero attached hydrogens (tertiary/aromatic N) is 2. The lowest BCUT2D eigenvalue weighted by molar-refractivity contribution is -0.122. The number of Topliss-reactive ketones (excluding diaryl/α,β-unsaturated/α-hetero) is 2. The molecule has 0 radical (unpaired) electrons. The van der Waals surface area contributed by atoms with Crippen LogP contribution in [0.2, 0.25) is 0 Å². The van der Waals surface area contributed by atoms with Gasteiger partial charge in [-0.25, -0.2) is 9.97 Å². The lowest BCUT2D eigenvalue weighted by atomic mass is 9.85. The first-order valence-electron chi connectivity index (χ1n) is 6.95. The summed E-state index contributed by atoms with van der Waals surface area (Å²) in [6, 6.07) is 0. The van der Waals surface area contributed by atoms with Gasteiger partial charge in [0.2, 0.25) is 5.78 Å². The van der Waals surface area contributed by atoms with Crippen LogP contribution in [0.4, 0.5) is 0 Å². The molecule has 102 valence electrons. The predicted octanol–water partition coefficient (Wildman–Crippen LogP) is 2.62. The normalized spacial score (nSPS) is 19.7. The van der Waals surface area contributed by atoms with Crippen molar-refractivity contribution in [3.63, 3.8) is 0 Å². The van der Waals surface area contributed by atoms with Crippen LogP contribution in [0, 0.1) is 11.8 Å². The second kappa shape index (κ2) is 6.04. The molecular formula is C15H20N2O2. The number of hydrogen-bond acceptors (Lipinski definition) is 4. The lowest BCUT2D eigenvalue weighted by Gasteiger charge is -2.18. The zero-order valence-electron chi connectivity index (χ0n) is 11.6. The molecule has 0 N–H and O–H groups in total. The lowest BCUT2D eigenvalue weighted by Crippen LogP contribution is -2.28. The van der Waals surface area contributed by atoms with E-state index in [1.54, 1.807) is 12.4 Å². The van der Waals surface area contributed by atoms with Gasteiger partial charge < -0.3 is 0 Å². The molecule has 0 amide bonds. The molecule has 0 aromatic carbocycles. The Morgan fingerprint density at radius 2 is 2.00 bits per heavy atom. The highest BCUT2D eigenvalue weighted by Crippen LogP contribution is 2.23. The first kappa shape index (κ1) is 13.8. The van der Waals surface area contributed by atoms with Gasteiger partial charge in [-0.05, 0) is 30.7 Å². The van der Waals surface area contributed by atoms with E-state index in [0.29, 0.717) is 18.8 Å². The Balaban J connectivity index is 2.08. The molecule has 0 aliphatic heterocycles. The molecule has 1 fully saturated rings. The summed E-state index contributed by atoms with van der Waals surface area (Å²) in [6.45, 7) is 4.25. The van der Waals surface area contributed by atoms with E-state index in [1.165, 1.54) is 0 Å². The zero-order chi connectivity index (χ0) is 13.8. The summed E-state index contributed by atoms with van der Waals surface area (Å²) >= 11 is 0. The number of rotatable bonds is 4. The van der Waals surface area contributed by atoms with Crippen LogP contribution < -0.4 is 0 Å². The van der Waals surface area contributed by atoms with Gasteiger partial charge in [-0.2, -0.15) is 0 Å². The first-order chi connectivity index (χ1) is 9.08. The molecule has 0 bridgehead atoms. The topological polar surface area (TPSA) is 59.9 Å². The third-order valence-electron chi connectivity index (χ3n) is 3.44. The molecule has 4 nitrogen and oxygen atoms in total. The van der Waals surface area contributed by atoms with Crippen molar-refractivity contribution in [2.75, 3.05) is 0 Å². The average molecular weight is 260 g/mol. The summed E-state index contributed by atoms with van der Waals surface area (Å²) in [6.07, 6.45) is 7.30. The molecule has 1 aliphatic carbocycles. The van der Waals surface area contributed by atoms with Crippen molar-refractivity contribution in [2.45, 2.75) is 46.0 Å². The molecule has 2 rings (SSSR count). The van der Waals surface area contributed by atoms with E-state index in [4.69, 9.17) is 0 Å². The Hall–Kier alpha value is -1.58. The van der Waals surface area contributed by atoms with E-state index >= 15 is 0 Å². The van der Waals surface area contributed by atoms with Gasteiger partial charge in [-0.1, -0.05) is 20.3 Å². The van der Waals surface area contributed by atoms with Crippen molar-refractivity contribution in [1.29, 1.82) is 0 Å². The average Bonchev–Trinajstić information content (AvgIpc) is 2.39. The highest BCUT2D eigenvalue weighted by atomic mass is 16.2. The van der Waals surface area contributed by atoms with E-state index in [1.807, 2.05) is 0 Å². The minimum Gasteiger partial charge on any atom is -0.299 e. The maximum Gasteiger partial charge on any atom is 0.210 e. The Kier molecular flexibility index (Phi) is 4.40. The van der Waals surface area contributed by atoms with Crippen LogP contribution >= 0.6 is 0 Å². The first-order valence-corrected chi connectivity index (χ1v) is 6.95. The smallest absolute Gasteiger partial charge is 0.210 e. The summed E-state index contributed by atoms with van der Waals surface area (Å²) < 4.78 is 0. The fourth-order valence-electron chi connectivity index (χ4n) is 2.47. The molecule has 1 heterocycles. The predicted molar refractivity (Wildman–Crippen MR) is 71.9 cm³/mol. The molecule has 0 spiro atoms.